The Bertz CT molecular complexity index is 1170. The molecule has 43 heavy (non-hydrogen) atoms. The van der Waals surface area contributed by atoms with Crippen molar-refractivity contribution in [3.05, 3.63) is 142 Å². The maximum Gasteiger partial charge on any atom is 2.00 e. The maximum absolute atomic E-state index is 3.00. The van der Waals surface area contributed by atoms with E-state index in [1.807, 2.05) is 35.0 Å². The summed E-state index contributed by atoms with van der Waals surface area (Å²) in [6.45, 7) is 20.1. The van der Waals surface area contributed by atoms with E-state index in [1.54, 1.807) is 11.3 Å². The zero-order chi connectivity index (χ0) is 28.9. The first kappa shape index (κ1) is 45.5. The van der Waals surface area contributed by atoms with Gasteiger partial charge in [0.05, 0.1) is 0 Å². The van der Waals surface area contributed by atoms with E-state index in [-0.39, 0.29) is 71.1 Å². The Morgan fingerprint density at radius 1 is 0.512 bits per heavy atom. The first-order chi connectivity index (χ1) is 18.3. The summed E-state index contributed by atoms with van der Waals surface area (Å²) in [5.74, 6) is 0. The Kier molecular flexibility index (Phi) is 23.0. The van der Waals surface area contributed by atoms with Crippen LogP contribution >= 0.6 is 11.3 Å². The number of halogens is 1. The first-order valence-electron chi connectivity index (χ1n) is 13.8. The fourth-order valence-electron chi connectivity index (χ4n) is 3.64. The first-order valence-corrected chi connectivity index (χ1v) is 14.7. The Labute approximate surface area is 296 Å². The van der Waals surface area contributed by atoms with Crippen LogP contribution in [-0.4, -0.2) is 23.1 Å². The Balaban J connectivity index is -0.000000700. The molecule has 3 aromatic carbocycles. The SMILES string of the molecule is C.C.CC(C)(C)c1cc[c-]cc1.CC(C)(C)c1ccc(/C=C/C=C/c2ccc(C(C)(C)C)cc2)cc1.[Br-].[Mg+2].c1ccsc1. The van der Waals surface area contributed by atoms with E-state index in [1.165, 1.54) is 27.8 Å². The second kappa shape index (κ2) is 21.7. The summed E-state index contributed by atoms with van der Waals surface area (Å²) in [7, 11) is 0. The van der Waals surface area contributed by atoms with E-state index >= 15 is 0 Å². The average Bonchev–Trinajstić information content (AvgIpc) is 3.47. The third kappa shape index (κ3) is 18.5. The summed E-state index contributed by atoms with van der Waals surface area (Å²) < 4.78 is 0. The van der Waals surface area contributed by atoms with Gasteiger partial charge in [-0.05, 0) is 49.3 Å². The van der Waals surface area contributed by atoms with Gasteiger partial charge >= 0.3 is 23.1 Å². The molecule has 0 aliphatic heterocycles. The molecule has 0 nitrogen and oxygen atoms in total. The molecule has 0 unspecified atom stereocenters. The van der Waals surface area contributed by atoms with Gasteiger partial charge in [-0.15, -0.1) is 0 Å². The molecule has 0 aliphatic carbocycles. The van der Waals surface area contributed by atoms with Crippen molar-refractivity contribution in [2.75, 3.05) is 0 Å². The van der Waals surface area contributed by atoms with Crippen LogP contribution in [0.25, 0.3) is 12.2 Å². The fraction of sp³-hybridized carbons (Fsp3) is 0.350. The van der Waals surface area contributed by atoms with Gasteiger partial charge < -0.3 is 17.0 Å². The number of benzene rings is 3. The van der Waals surface area contributed by atoms with Crippen LogP contribution in [0.1, 0.15) is 105 Å². The molecule has 0 bridgehead atoms. The van der Waals surface area contributed by atoms with Crippen molar-refractivity contribution >= 4 is 46.5 Å². The molecule has 3 heteroatoms. The van der Waals surface area contributed by atoms with Gasteiger partial charge in [0.25, 0.3) is 0 Å². The molecule has 0 aliphatic rings. The Morgan fingerprint density at radius 2 is 0.814 bits per heavy atom. The van der Waals surface area contributed by atoms with Crippen LogP contribution in [0.15, 0.2) is 108 Å². The van der Waals surface area contributed by atoms with Crippen molar-refractivity contribution in [2.45, 2.75) is 93.4 Å². The van der Waals surface area contributed by atoms with Gasteiger partial charge in [-0.3, -0.25) is 0 Å². The molecule has 0 radical (unpaired) electrons. The van der Waals surface area contributed by atoms with E-state index in [0.717, 1.165) is 0 Å². The van der Waals surface area contributed by atoms with Gasteiger partial charge in [-0.2, -0.15) is 47.2 Å². The minimum atomic E-state index is 0. The van der Waals surface area contributed by atoms with E-state index in [0.29, 0.717) is 0 Å². The predicted molar refractivity (Wildman–Crippen MR) is 196 cm³/mol. The Morgan fingerprint density at radius 3 is 1.05 bits per heavy atom. The molecule has 0 saturated heterocycles. The monoisotopic (exact) mass is 670 g/mol. The standard InChI is InChI=1S/C24H30.C10H13.C4H4S.2CH4.BrH.Mg/c1-23(2,3)21-15-11-19(12-16-21)9-7-8-10-20-13-17-22(18-14-20)24(4,5)6;1-10(2,3)9-7-5-4-6-8-9;1-2-4-5-3-1;;;;/h7-18H,1-6H3;5-8H,1-3H3;1-4H;2*1H4;1H;/q;-1;;;;;+2/p-1/b9-7+,10-8+;;;;;;. The second-order valence-electron chi connectivity index (χ2n) is 12.8. The van der Waals surface area contributed by atoms with Gasteiger partial charge in [-0.1, -0.05) is 162 Å². The molecule has 0 atom stereocenters. The molecular weight excluding hydrogens is 617 g/mol. The molecule has 0 N–H and O–H groups in total. The quantitative estimate of drug-likeness (QED) is 0.116. The van der Waals surface area contributed by atoms with Crippen molar-refractivity contribution in [1.29, 1.82) is 0 Å². The topological polar surface area (TPSA) is 0 Å². The zero-order valence-electron chi connectivity index (χ0n) is 26.5. The van der Waals surface area contributed by atoms with E-state index in [4.69, 9.17) is 0 Å². The molecule has 1 aromatic heterocycles. The van der Waals surface area contributed by atoms with Gasteiger partial charge in [0.15, 0.2) is 0 Å². The zero-order valence-corrected chi connectivity index (χ0v) is 30.4. The fourth-order valence-corrected chi connectivity index (χ4v) is 4.09. The number of hydrogen-bond acceptors (Lipinski definition) is 1. The van der Waals surface area contributed by atoms with Gasteiger partial charge in [0, 0.05) is 0 Å². The number of rotatable bonds is 3. The van der Waals surface area contributed by atoms with Crippen molar-refractivity contribution < 1.29 is 17.0 Å². The summed E-state index contributed by atoms with van der Waals surface area (Å²) in [6, 6.07) is 32.8. The summed E-state index contributed by atoms with van der Waals surface area (Å²) in [5, 5.41) is 4.08. The number of thiophene rings is 1. The molecule has 0 spiro atoms. The molecule has 0 saturated carbocycles. The number of hydrogen-bond donors (Lipinski definition) is 0. The largest absolute Gasteiger partial charge is 2.00 e. The van der Waals surface area contributed by atoms with Crippen LogP contribution in [0.2, 0.25) is 0 Å². The predicted octanol–water partition coefficient (Wildman–Crippen LogP) is 9.44. The molecular formula is C40H55BrMgS. The van der Waals surface area contributed by atoms with Crippen molar-refractivity contribution in [3.63, 3.8) is 0 Å². The normalized spacial score (nSPS) is 10.9. The summed E-state index contributed by atoms with van der Waals surface area (Å²) in [5.41, 5.74) is 7.26. The van der Waals surface area contributed by atoms with E-state index < -0.39 is 0 Å². The minimum Gasteiger partial charge on any atom is -1.00 e. The maximum atomic E-state index is 3.00. The molecule has 0 fully saturated rings. The van der Waals surface area contributed by atoms with Crippen LogP contribution in [0, 0.1) is 6.07 Å². The molecule has 4 aromatic rings. The third-order valence-corrected chi connectivity index (χ3v) is 6.88. The smallest absolute Gasteiger partial charge is 1.00 e. The van der Waals surface area contributed by atoms with Crippen LogP contribution < -0.4 is 17.0 Å². The van der Waals surface area contributed by atoms with Crippen LogP contribution in [0.4, 0.5) is 0 Å². The van der Waals surface area contributed by atoms with Crippen molar-refractivity contribution in [3.8, 4) is 0 Å². The molecule has 1 heterocycles. The van der Waals surface area contributed by atoms with Crippen molar-refractivity contribution in [2.24, 2.45) is 0 Å². The van der Waals surface area contributed by atoms with Crippen LogP contribution in [0.3, 0.4) is 0 Å². The molecule has 230 valence electrons. The molecule has 4 rings (SSSR count). The van der Waals surface area contributed by atoms with Gasteiger partial charge in [0.1, 0.15) is 0 Å². The van der Waals surface area contributed by atoms with E-state index in [2.05, 4.69) is 153 Å². The second-order valence-corrected chi connectivity index (χ2v) is 13.6. The Hall–Kier alpha value is -1.91. The minimum absolute atomic E-state index is 0. The molecule has 0 amide bonds. The van der Waals surface area contributed by atoms with Crippen LogP contribution in [-0.2, 0) is 16.2 Å². The third-order valence-electron chi connectivity index (χ3n) is 6.25. The number of allylic oxidation sites excluding steroid dienone is 2. The van der Waals surface area contributed by atoms with Gasteiger partial charge in [-0.25, -0.2) is 0 Å². The van der Waals surface area contributed by atoms with Crippen molar-refractivity contribution in [1.82, 2.24) is 0 Å². The van der Waals surface area contributed by atoms with E-state index in [9.17, 15) is 0 Å². The van der Waals surface area contributed by atoms with Gasteiger partial charge in [0.2, 0.25) is 0 Å². The van der Waals surface area contributed by atoms with Crippen LogP contribution in [0.5, 0.6) is 0 Å². The summed E-state index contributed by atoms with van der Waals surface area (Å²) in [4.78, 5) is 0. The average molecular weight is 672 g/mol. The summed E-state index contributed by atoms with van der Waals surface area (Å²) in [6.07, 6.45) is 8.49. The summed E-state index contributed by atoms with van der Waals surface area (Å²) >= 11 is 1.71.